The molecule has 3 rings (SSSR count). The van der Waals surface area contributed by atoms with Crippen molar-refractivity contribution in [3.8, 4) is 0 Å². The van der Waals surface area contributed by atoms with Gasteiger partial charge in [-0.1, -0.05) is 35.5 Å². The second-order valence-electron chi connectivity index (χ2n) is 6.12. The summed E-state index contributed by atoms with van der Waals surface area (Å²) in [4.78, 5) is 12.2. The van der Waals surface area contributed by atoms with Crippen molar-refractivity contribution in [2.75, 3.05) is 0 Å². The third-order valence-corrected chi connectivity index (χ3v) is 4.41. The summed E-state index contributed by atoms with van der Waals surface area (Å²) in [5.74, 6) is -0.0387. The molecule has 4 heteroatoms. The number of benzene rings is 1. The van der Waals surface area contributed by atoms with Crippen LogP contribution in [-0.4, -0.2) is 21.6 Å². The van der Waals surface area contributed by atoms with E-state index < -0.39 is 11.5 Å². The molecule has 0 fully saturated rings. The molecule has 3 atom stereocenters. The summed E-state index contributed by atoms with van der Waals surface area (Å²) in [5, 5.41) is 14.8. The van der Waals surface area contributed by atoms with Crippen molar-refractivity contribution >= 4 is 5.78 Å². The molecule has 3 unspecified atom stereocenters. The molecule has 0 bridgehead atoms. The Kier molecular flexibility index (Phi) is 3.21. The Morgan fingerprint density at radius 2 is 2.05 bits per heavy atom. The standard InChI is InChI=1S/C17H19NO3/c1-10-14-13(21-18-10)9-17(3,20)16(11(2)19)15(14)12-7-5-4-6-8-12/h4-8,15-16,20H,9H2,1-3H3. The van der Waals surface area contributed by atoms with Crippen LogP contribution in [0.1, 0.15) is 42.3 Å². The summed E-state index contributed by atoms with van der Waals surface area (Å²) >= 11 is 0. The van der Waals surface area contributed by atoms with Gasteiger partial charge in [-0.3, -0.25) is 4.79 Å². The number of aryl methyl sites for hydroxylation is 1. The quantitative estimate of drug-likeness (QED) is 0.921. The largest absolute Gasteiger partial charge is 0.389 e. The highest BCUT2D eigenvalue weighted by Gasteiger charge is 2.49. The topological polar surface area (TPSA) is 63.3 Å². The Labute approximate surface area is 123 Å². The first-order valence-electron chi connectivity index (χ1n) is 7.14. The van der Waals surface area contributed by atoms with E-state index in [4.69, 9.17) is 4.52 Å². The fraction of sp³-hybridized carbons (Fsp3) is 0.412. The molecule has 1 aliphatic carbocycles. The molecule has 0 saturated carbocycles. The molecule has 0 saturated heterocycles. The number of carbonyl (C=O) groups is 1. The Hall–Kier alpha value is -1.94. The third kappa shape index (κ3) is 2.20. The maximum Gasteiger partial charge on any atom is 0.143 e. The number of carbonyl (C=O) groups excluding carboxylic acids is 1. The maximum atomic E-state index is 12.2. The average Bonchev–Trinajstić information content (AvgIpc) is 2.77. The van der Waals surface area contributed by atoms with Gasteiger partial charge in [-0.05, 0) is 26.3 Å². The van der Waals surface area contributed by atoms with Gasteiger partial charge >= 0.3 is 0 Å². The molecule has 1 aliphatic rings. The molecule has 0 amide bonds. The van der Waals surface area contributed by atoms with Crippen LogP contribution in [0.15, 0.2) is 34.9 Å². The highest BCUT2D eigenvalue weighted by molar-refractivity contribution is 5.82. The Morgan fingerprint density at radius 3 is 2.67 bits per heavy atom. The molecule has 110 valence electrons. The van der Waals surface area contributed by atoms with E-state index in [9.17, 15) is 9.90 Å². The van der Waals surface area contributed by atoms with Gasteiger partial charge in [0.2, 0.25) is 0 Å². The number of rotatable bonds is 2. The van der Waals surface area contributed by atoms with E-state index in [-0.39, 0.29) is 11.7 Å². The zero-order valence-electron chi connectivity index (χ0n) is 12.5. The number of ketones is 1. The first kappa shape index (κ1) is 14.0. The zero-order valence-corrected chi connectivity index (χ0v) is 12.5. The molecular weight excluding hydrogens is 266 g/mol. The average molecular weight is 285 g/mol. The van der Waals surface area contributed by atoms with Gasteiger partial charge in [0.25, 0.3) is 0 Å². The van der Waals surface area contributed by atoms with E-state index in [1.165, 1.54) is 0 Å². The van der Waals surface area contributed by atoms with Crippen molar-refractivity contribution in [3.05, 3.63) is 52.9 Å². The number of fused-ring (bicyclic) bond motifs is 1. The van der Waals surface area contributed by atoms with Gasteiger partial charge in [-0.2, -0.15) is 0 Å². The SMILES string of the molecule is CC(=O)C1C(c2ccccc2)c2c(C)noc2CC1(C)O. The van der Waals surface area contributed by atoms with Crippen LogP contribution >= 0.6 is 0 Å². The van der Waals surface area contributed by atoms with Crippen molar-refractivity contribution < 1.29 is 14.4 Å². The lowest BCUT2D eigenvalue weighted by Crippen LogP contribution is -2.47. The molecule has 0 spiro atoms. The molecule has 2 aromatic rings. The molecular formula is C17H19NO3. The van der Waals surface area contributed by atoms with Crippen molar-refractivity contribution in [1.29, 1.82) is 0 Å². The first-order chi connectivity index (χ1) is 9.92. The lowest BCUT2D eigenvalue weighted by molar-refractivity contribution is -0.131. The van der Waals surface area contributed by atoms with Crippen LogP contribution in [0.3, 0.4) is 0 Å². The van der Waals surface area contributed by atoms with Crippen molar-refractivity contribution in [2.45, 2.75) is 38.7 Å². The molecule has 1 N–H and O–H groups in total. The molecule has 0 aliphatic heterocycles. The van der Waals surface area contributed by atoms with Crippen LogP contribution in [0.5, 0.6) is 0 Å². The minimum Gasteiger partial charge on any atom is -0.389 e. The molecule has 4 nitrogen and oxygen atoms in total. The summed E-state index contributed by atoms with van der Waals surface area (Å²) in [6.07, 6.45) is 0.316. The highest BCUT2D eigenvalue weighted by Crippen LogP contribution is 2.47. The summed E-state index contributed by atoms with van der Waals surface area (Å²) < 4.78 is 5.38. The number of hydrogen-bond donors (Lipinski definition) is 1. The van der Waals surface area contributed by atoms with Gasteiger partial charge in [0.1, 0.15) is 11.5 Å². The predicted molar refractivity (Wildman–Crippen MR) is 78.0 cm³/mol. The highest BCUT2D eigenvalue weighted by atomic mass is 16.5. The smallest absolute Gasteiger partial charge is 0.143 e. The summed E-state index contributed by atoms with van der Waals surface area (Å²) in [6, 6.07) is 9.79. The number of aromatic nitrogens is 1. The molecule has 1 heterocycles. The van der Waals surface area contributed by atoms with Gasteiger partial charge in [-0.25, -0.2) is 0 Å². The van der Waals surface area contributed by atoms with Gasteiger partial charge in [0, 0.05) is 17.9 Å². The number of nitrogens with zero attached hydrogens (tertiary/aromatic N) is 1. The van der Waals surface area contributed by atoms with Crippen molar-refractivity contribution in [2.24, 2.45) is 5.92 Å². The first-order valence-corrected chi connectivity index (χ1v) is 7.14. The van der Waals surface area contributed by atoms with E-state index >= 15 is 0 Å². The van der Waals surface area contributed by atoms with E-state index in [1.54, 1.807) is 13.8 Å². The number of hydrogen-bond acceptors (Lipinski definition) is 4. The lowest BCUT2D eigenvalue weighted by Gasteiger charge is -2.40. The number of Topliss-reactive ketones (excluding diaryl/α,β-unsaturated/α-hetero) is 1. The fourth-order valence-corrected chi connectivity index (χ4v) is 3.60. The van der Waals surface area contributed by atoms with Crippen LogP contribution in [0.25, 0.3) is 0 Å². The molecule has 0 radical (unpaired) electrons. The Balaban J connectivity index is 2.24. The number of aliphatic hydroxyl groups is 1. The summed E-state index contributed by atoms with van der Waals surface area (Å²) in [5.41, 5.74) is 1.62. The van der Waals surface area contributed by atoms with Crippen molar-refractivity contribution in [1.82, 2.24) is 5.16 Å². The second-order valence-corrected chi connectivity index (χ2v) is 6.12. The zero-order chi connectivity index (χ0) is 15.2. The van der Waals surface area contributed by atoms with Gasteiger partial charge in [0.05, 0.1) is 17.2 Å². The van der Waals surface area contributed by atoms with Crippen molar-refractivity contribution in [3.63, 3.8) is 0 Å². The van der Waals surface area contributed by atoms with E-state index in [2.05, 4.69) is 5.16 Å². The van der Waals surface area contributed by atoms with E-state index in [0.29, 0.717) is 12.2 Å². The fourth-order valence-electron chi connectivity index (χ4n) is 3.60. The van der Waals surface area contributed by atoms with Crippen LogP contribution in [0.2, 0.25) is 0 Å². The lowest BCUT2D eigenvalue weighted by atomic mass is 9.65. The minimum absolute atomic E-state index is 0.0138. The Bertz CT molecular complexity index is 673. The maximum absolute atomic E-state index is 12.2. The van der Waals surface area contributed by atoms with Crippen LogP contribution in [0, 0.1) is 12.8 Å². The summed E-state index contributed by atoms with van der Waals surface area (Å²) in [7, 11) is 0. The monoisotopic (exact) mass is 285 g/mol. The van der Waals surface area contributed by atoms with Crippen LogP contribution in [-0.2, 0) is 11.2 Å². The Morgan fingerprint density at radius 1 is 1.38 bits per heavy atom. The summed E-state index contributed by atoms with van der Waals surface area (Å²) in [6.45, 7) is 5.13. The van der Waals surface area contributed by atoms with Gasteiger partial charge in [-0.15, -0.1) is 0 Å². The minimum atomic E-state index is -1.13. The third-order valence-electron chi connectivity index (χ3n) is 4.41. The molecule has 1 aromatic heterocycles. The predicted octanol–water partition coefficient (Wildman–Crippen LogP) is 2.63. The van der Waals surface area contributed by atoms with Gasteiger partial charge in [0.15, 0.2) is 0 Å². The van der Waals surface area contributed by atoms with E-state index in [0.717, 1.165) is 16.8 Å². The normalized spacial score (nSPS) is 28.2. The van der Waals surface area contributed by atoms with E-state index in [1.807, 2.05) is 37.3 Å². The molecule has 1 aromatic carbocycles. The van der Waals surface area contributed by atoms with Crippen LogP contribution in [0.4, 0.5) is 0 Å². The second kappa shape index (κ2) is 4.81. The molecule has 21 heavy (non-hydrogen) atoms. The van der Waals surface area contributed by atoms with Gasteiger partial charge < -0.3 is 9.63 Å². The van der Waals surface area contributed by atoms with Crippen LogP contribution < -0.4 is 0 Å².